The Morgan fingerprint density at radius 1 is 1.25 bits per heavy atom. The molecule has 0 rings (SSSR count). The Hall–Kier alpha value is 1.24. The monoisotopic (exact) mass is 116 g/mol. The van der Waals surface area contributed by atoms with E-state index in [1.165, 1.54) is 0 Å². The molecule has 0 fully saturated rings. The molecule has 0 heterocycles. The van der Waals surface area contributed by atoms with Crippen LogP contribution in [-0.2, 0) is 23.9 Å². The van der Waals surface area contributed by atoms with Crippen molar-refractivity contribution in [2.75, 3.05) is 0 Å². The molecular formula is HLiOSiZn. The van der Waals surface area contributed by atoms with E-state index in [-0.39, 0.29) is 38.3 Å². The van der Waals surface area contributed by atoms with E-state index in [0.29, 0.717) is 0 Å². The van der Waals surface area contributed by atoms with Gasteiger partial charge >= 0.3 is 29.0 Å². The van der Waals surface area contributed by atoms with E-state index in [2.05, 4.69) is 0 Å². The van der Waals surface area contributed by atoms with Crippen LogP contribution in [0.5, 0.6) is 0 Å². The molecule has 0 bridgehead atoms. The van der Waals surface area contributed by atoms with Crippen LogP contribution in [0.1, 0.15) is 0 Å². The van der Waals surface area contributed by atoms with Crippen LogP contribution in [0.2, 0.25) is 0 Å². The van der Waals surface area contributed by atoms with Crippen molar-refractivity contribution in [2.24, 2.45) is 0 Å². The maximum atomic E-state index is 8.06. The van der Waals surface area contributed by atoms with Crippen LogP contribution in [0.4, 0.5) is 0 Å². The Labute approximate surface area is 53.0 Å². The largest absolute Gasteiger partial charge is 0 e. The minimum Gasteiger partial charge on any atom is 0 e. The van der Waals surface area contributed by atoms with Crippen molar-refractivity contribution < 1.29 is 23.9 Å². The van der Waals surface area contributed by atoms with Gasteiger partial charge in [-0.05, 0) is 0 Å². The van der Waals surface area contributed by atoms with Gasteiger partial charge in [0.25, 0.3) is 0 Å². The van der Waals surface area contributed by atoms with Crippen LogP contribution in [0, 0.1) is 0 Å². The standard InChI is InChI=1S/Li.OSi.Zn.H/c;1-2;;. The zero-order valence-corrected chi connectivity index (χ0v) is 5.58. The summed E-state index contributed by atoms with van der Waals surface area (Å²) in [7, 11) is 1.72. The Morgan fingerprint density at radius 3 is 1.25 bits per heavy atom. The summed E-state index contributed by atoms with van der Waals surface area (Å²) in [4.78, 5) is 0. The molecule has 0 aromatic rings. The van der Waals surface area contributed by atoms with Gasteiger partial charge in [-0.25, -0.2) is 0 Å². The molecule has 14 valence electrons. The summed E-state index contributed by atoms with van der Waals surface area (Å²) >= 11 is 0. The summed E-state index contributed by atoms with van der Waals surface area (Å²) in [5.74, 6) is 0. The first-order chi connectivity index (χ1) is 1.00. The number of hydrogen-bond acceptors (Lipinski definition) is 1. The van der Waals surface area contributed by atoms with Crippen LogP contribution in [-0.4, -0.2) is 29.0 Å². The summed E-state index contributed by atoms with van der Waals surface area (Å²) in [6, 6.07) is 0. The Kier molecular flexibility index (Phi) is 136. The zero-order valence-electron chi connectivity index (χ0n) is 1.62. The van der Waals surface area contributed by atoms with E-state index in [4.69, 9.17) is 4.46 Å². The van der Waals surface area contributed by atoms with Crippen molar-refractivity contribution in [3.63, 3.8) is 0 Å². The molecule has 4 heteroatoms. The first kappa shape index (κ1) is 18.8. The van der Waals surface area contributed by atoms with E-state index in [1.54, 1.807) is 10.1 Å². The van der Waals surface area contributed by atoms with Crippen LogP contribution in [0.15, 0.2) is 0 Å². The van der Waals surface area contributed by atoms with Crippen molar-refractivity contribution in [1.82, 2.24) is 0 Å². The van der Waals surface area contributed by atoms with Gasteiger partial charge in [0.2, 0.25) is 0 Å². The number of rotatable bonds is 0. The van der Waals surface area contributed by atoms with Crippen LogP contribution in [0.25, 0.3) is 0 Å². The van der Waals surface area contributed by atoms with Gasteiger partial charge in [0.15, 0.2) is 0 Å². The van der Waals surface area contributed by atoms with Crippen molar-refractivity contribution in [3.05, 3.63) is 0 Å². The summed E-state index contributed by atoms with van der Waals surface area (Å²) < 4.78 is 8.06. The van der Waals surface area contributed by atoms with Gasteiger partial charge in [-0.3, -0.25) is 0 Å². The summed E-state index contributed by atoms with van der Waals surface area (Å²) in [6.45, 7) is 0. The van der Waals surface area contributed by atoms with Gasteiger partial charge in [0, 0.05) is 19.5 Å². The van der Waals surface area contributed by atoms with Gasteiger partial charge in [-0.15, -0.1) is 0 Å². The summed E-state index contributed by atoms with van der Waals surface area (Å²) in [5, 5.41) is 0. The molecule has 2 radical (unpaired) electrons. The van der Waals surface area contributed by atoms with E-state index in [0.717, 1.165) is 0 Å². The van der Waals surface area contributed by atoms with Crippen molar-refractivity contribution in [3.8, 4) is 0 Å². The fraction of sp³-hybridized carbons (Fsp3) is 0. The minimum absolute atomic E-state index is 0. The smallest absolute Gasteiger partial charge is 0 e. The van der Waals surface area contributed by atoms with Crippen molar-refractivity contribution in [2.45, 2.75) is 0 Å². The maximum Gasteiger partial charge on any atom is 0 e. The molecule has 0 aromatic heterocycles. The third-order valence-electron chi connectivity index (χ3n) is 0. The maximum absolute atomic E-state index is 8.06. The SMILES string of the molecule is O=[Si].[LiH].[Zn]. The normalized spacial score (nSPS) is 1.00. The van der Waals surface area contributed by atoms with E-state index in [9.17, 15) is 0 Å². The molecule has 1 nitrogen and oxygen atoms in total. The van der Waals surface area contributed by atoms with Gasteiger partial charge in [-0.2, -0.15) is 0 Å². The molecule has 0 N–H and O–H groups in total. The quantitative estimate of drug-likeness (QED) is 0.366. The van der Waals surface area contributed by atoms with Crippen molar-refractivity contribution in [1.29, 1.82) is 0 Å². The van der Waals surface area contributed by atoms with E-state index >= 15 is 0 Å². The van der Waals surface area contributed by atoms with Crippen LogP contribution in [0.3, 0.4) is 0 Å². The zero-order chi connectivity index (χ0) is 2.00. The summed E-state index contributed by atoms with van der Waals surface area (Å²) in [5.41, 5.74) is 0. The van der Waals surface area contributed by atoms with E-state index < -0.39 is 0 Å². The Bertz CT molecular complexity index is 8.00. The first-order valence-corrected chi connectivity index (χ1v) is 0.612. The van der Waals surface area contributed by atoms with Crippen molar-refractivity contribution >= 4 is 29.0 Å². The van der Waals surface area contributed by atoms with Gasteiger partial charge in [0.05, 0.1) is 0 Å². The third-order valence-corrected chi connectivity index (χ3v) is 0. The Morgan fingerprint density at radius 2 is 1.25 bits per heavy atom. The topological polar surface area (TPSA) is 17.1 Å². The molecule has 0 saturated heterocycles. The number of hydrogen-bond donors (Lipinski definition) is 0. The first-order valence-electron chi connectivity index (χ1n) is 0.204. The molecule has 0 spiro atoms. The van der Waals surface area contributed by atoms with Gasteiger partial charge in [0.1, 0.15) is 0 Å². The second-order valence-corrected chi connectivity index (χ2v) is 0. The fourth-order valence-electron chi connectivity index (χ4n) is 0. The molecule has 0 unspecified atom stereocenters. The molecule has 0 aliphatic rings. The average molecular weight is 117 g/mol. The van der Waals surface area contributed by atoms with E-state index in [1.807, 2.05) is 0 Å². The molecule has 0 atom stereocenters. The predicted octanol–water partition coefficient (Wildman–Crippen LogP) is -1.15. The molecule has 0 saturated carbocycles. The minimum atomic E-state index is 0. The molecule has 0 aromatic carbocycles. The molecular weight excluding hydrogens is 116 g/mol. The summed E-state index contributed by atoms with van der Waals surface area (Å²) in [6.07, 6.45) is 0. The van der Waals surface area contributed by atoms with Crippen LogP contribution >= 0.6 is 0 Å². The second-order valence-electron chi connectivity index (χ2n) is 0. The molecule has 4 heavy (non-hydrogen) atoms. The molecule has 0 aliphatic carbocycles. The second kappa shape index (κ2) is 29.0. The Balaban J connectivity index is -0.00000000500. The van der Waals surface area contributed by atoms with Gasteiger partial charge in [-0.1, -0.05) is 0 Å². The predicted molar refractivity (Wildman–Crippen MR) is 13.6 cm³/mol. The molecule has 0 aliphatic heterocycles. The molecule has 0 amide bonds. The average Bonchev–Trinajstić information content (AvgIpc) is 1.00. The third kappa shape index (κ3) is 10.6. The van der Waals surface area contributed by atoms with Gasteiger partial charge < -0.3 is 4.46 Å². The fourth-order valence-corrected chi connectivity index (χ4v) is 0. The van der Waals surface area contributed by atoms with Crippen LogP contribution < -0.4 is 0 Å².